The summed E-state index contributed by atoms with van der Waals surface area (Å²) in [5.74, 6) is 1.74. The van der Waals surface area contributed by atoms with E-state index in [0.29, 0.717) is 5.36 Å². The summed E-state index contributed by atoms with van der Waals surface area (Å²) in [6.07, 6.45) is 0. The molecule has 0 spiro atoms. The second kappa shape index (κ2) is 3.90. The van der Waals surface area contributed by atoms with Gasteiger partial charge in [-0.05, 0) is 0 Å². The molecule has 9 heavy (non-hydrogen) atoms. The van der Waals surface area contributed by atoms with E-state index in [9.17, 15) is 8.66 Å². The van der Waals surface area contributed by atoms with Gasteiger partial charge in [0.25, 0.3) is 0 Å². The quantitative estimate of drug-likeness (QED) is 0.653. The van der Waals surface area contributed by atoms with E-state index in [2.05, 4.69) is 0 Å². The molecule has 0 aromatic carbocycles. The standard InChI is InChI=1S/C5H9O.CH3.Co.O/c1-4(2)5(3)6;;;/h4H,1H2,2-3H3;1H3;;. The van der Waals surface area contributed by atoms with Gasteiger partial charge in [-0.3, -0.25) is 0 Å². The average Bonchev–Trinajstić information content (AvgIpc) is 1.63. The van der Waals surface area contributed by atoms with Gasteiger partial charge in [-0.1, -0.05) is 0 Å². The van der Waals surface area contributed by atoms with Crippen molar-refractivity contribution in [2.24, 2.45) is 5.92 Å². The van der Waals surface area contributed by atoms with Crippen molar-refractivity contribution in [3.8, 4) is 0 Å². The summed E-state index contributed by atoms with van der Waals surface area (Å²) in [7, 11) is 0. The van der Waals surface area contributed by atoms with Gasteiger partial charge in [-0.25, -0.2) is 0 Å². The number of hydrogen-bond acceptors (Lipinski definition) is 2. The van der Waals surface area contributed by atoms with Gasteiger partial charge in [-0.2, -0.15) is 0 Å². The Bertz CT molecular complexity index is 131. The summed E-state index contributed by atoms with van der Waals surface area (Å²) < 4.78 is 10.6. The van der Waals surface area contributed by atoms with E-state index in [1.807, 2.05) is 0 Å². The molecule has 1 unspecified atom stereocenters. The molecule has 0 aliphatic carbocycles. The van der Waals surface area contributed by atoms with Crippen LogP contribution in [0.2, 0.25) is 11.2 Å². The minimum absolute atomic E-state index is 0.0301. The van der Waals surface area contributed by atoms with E-state index >= 15 is 0 Å². The van der Waals surface area contributed by atoms with Crippen LogP contribution in [0.25, 0.3) is 0 Å². The zero-order valence-corrected chi connectivity index (χ0v) is 6.98. The molecular formula is C6H12CoO2. The molecule has 0 aliphatic rings. The predicted molar refractivity (Wildman–Crippen MR) is 31.2 cm³/mol. The Morgan fingerprint density at radius 2 is 2.11 bits per heavy atom. The number of carbonyl (C=O) groups excluding carboxylic acids is 1. The fourth-order valence-electron chi connectivity index (χ4n) is 0.383. The van der Waals surface area contributed by atoms with Gasteiger partial charge in [0, 0.05) is 0 Å². The zero-order valence-electron chi connectivity index (χ0n) is 5.93. The molecule has 0 aromatic heterocycles. The van der Waals surface area contributed by atoms with Crippen molar-refractivity contribution in [3.63, 3.8) is 0 Å². The van der Waals surface area contributed by atoms with Crippen LogP contribution in [0.15, 0.2) is 0 Å². The third-order valence-electron chi connectivity index (χ3n) is 1.09. The van der Waals surface area contributed by atoms with Crippen molar-refractivity contribution in [3.05, 3.63) is 0 Å². The Balaban J connectivity index is 3.63. The van der Waals surface area contributed by atoms with Crippen molar-refractivity contribution in [1.29, 1.82) is 0 Å². The van der Waals surface area contributed by atoms with Crippen LogP contribution in [-0.2, 0) is 22.2 Å². The Labute approximate surface area is 59.6 Å². The van der Waals surface area contributed by atoms with Crippen molar-refractivity contribution in [2.75, 3.05) is 0 Å². The first-order chi connectivity index (χ1) is 4.04. The van der Waals surface area contributed by atoms with Gasteiger partial charge in [0.05, 0.1) is 0 Å². The van der Waals surface area contributed by atoms with Gasteiger partial charge >= 0.3 is 59.0 Å². The molecule has 0 aliphatic heterocycles. The molecule has 0 radical (unpaired) electrons. The maximum absolute atomic E-state index is 10.6. The molecule has 57 valence electrons. The van der Waals surface area contributed by atoms with Crippen LogP contribution in [0.4, 0.5) is 0 Å². The van der Waals surface area contributed by atoms with Crippen LogP contribution in [0.1, 0.15) is 13.8 Å². The van der Waals surface area contributed by atoms with Gasteiger partial charge < -0.3 is 0 Å². The fraction of sp³-hybridized carbons (Fsp3) is 0.833. The van der Waals surface area contributed by atoms with Gasteiger partial charge in [-0.15, -0.1) is 0 Å². The van der Waals surface area contributed by atoms with E-state index < -0.39 is 13.6 Å². The normalized spacial score (nSPS) is 14.8. The monoisotopic (exact) mass is 175 g/mol. The Hall–Kier alpha value is -0.0235. The van der Waals surface area contributed by atoms with Crippen LogP contribution in [0.3, 0.4) is 0 Å². The molecule has 0 bridgehead atoms. The third-order valence-corrected chi connectivity index (χ3v) is 2.33. The van der Waals surface area contributed by atoms with E-state index in [1.54, 1.807) is 12.8 Å². The van der Waals surface area contributed by atoms with E-state index in [-0.39, 0.29) is 11.7 Å². The first-order valence-electron chi connectivity index (χ1n) is 2.68. The Morgan fingerprint density at radius 3 is 2.22 bits per heavy atom. The molecule has 0 aromatic rings. The van der Waals surface area contributed by atoms with Crippen molar-refractivity contribution < 1.29 is 22.2 Å². The first kappa shape index (κ1) is 8.98. The summed E-state index contributed by atoms with van der Waals surface area (Å²) in [5, 5.41) is 0.530. The van der Waals surface area contributed by atoms with Gasteiger partial charge in [0.15, 0.2) is 0 Å². The van der Waals surface area contributed by atoms with E-state index in [1.165, 1.54) is 6.92 Å². The molecule has 1 atom stereocenters. The summed E-state index contributed by atoms with van der Waals surface area (Å²) in [6.45, 7) is 3.33. The molecule has 0 saturated heterocycles. The van der Waals surface area contributed by atoms with Crippen LogP contribution in [0, 0.1) is 5.92 Å². The van der Waals surface area contributed by atoms with Crippen molar-refractivity contribution >= 4 is 5.78 Å². The number of Topliss-reactive ketones (excluding diaryl/α,β-unsaturated/α-hetero) is 1. The topological polar surface area (TPSA) is 34.1 Å². The predicted octanol–water partition coefficient (Wildman–Crippen LogP) is 1.64. The molecule has 0 heterocycles. The number of hydrogen-bond donors (Lipinski definition) is 0. The molecule has 2 nitrogen and oxygen atoms in total. The van der Waals surface area contributed by atoms with Crippen molar-refractivity contribution in [2.45, 2.75) is 25.1 Å². The van der Waals surface area contributed by atoms with Crippen LogP contribution >= 0.6 is 0 Å². The zero-order chi connectivity index (χ0) is 7.44. The Morgan fingerprint density at radius 1 is 1.67 bits per heavy atom. The fourth-order valence-corrected chi connectivity index (χ4v) is 1.58. The molecule has 0 N–H and O–H groups in total. The number of ketones is 1. The SMILES string of the molecule is CC(=O)C(C)[CH2][Co]([CH3])=[O]. The molecule has 0 rings (SSSR count). The van der Waals surface area contributed by atoms with Crippen LogP contribution in [0.5, 0.6) is 0 Å². The van der Waals surface area contributed by atoms with Gasteiger partial charge in [0.2, 0.25) is 0 Å². The average molecular weight is 175 g/mol. The Kier molecular flexibility index (Phi) is 3.89. The molecule has 0 saturated carbocycles. The summed E-state index contributed by atoms with van der Waals surface area (Å²) in [6, 6.07) is 0. The number of carbonyl (C=O) groups is 1. The van der Waals surface area contributed by atoms with Crippen molar-refractivity contribution in [1.82, 2.24) is 0 Å². The second-order valence-corrected chi connectivity index (χ2v) is 4.00. The minimum atomic E-state index is -1.12. The summed E-state index contributed by atoms with van der Waals surface area (Å²) in [5.41, 5.74) is 0. The van der Waals surface area contributed by atoms with Crippen LogP contribution in [-0.4, -0.2) is 5.78 Å². The number of rotatable bonds is 3. The summed E-state index contributed by atoms with van der Waals surface area (Å²) >= 11 is -1.12. The second-order valence-electron chi connectivity index (χ2n) is 2.12. The first-order valence-corrected chi connectivity index (χ1v) is 4.89. The van der Waals surface area contributed by atoms with E-state index in [0.717, 1.165) is 0 Å². The molecule has 0 amide bonds. The van der Waals surface area contributed by atoms with Gasteiger partial charge in [0.1, 0.15) is 0 Å². The molecular weight excluding hydrogens is 163 g/mol. The molecule has 3 heteroatoms. The summed E-state index contributed by atoms with van der Waals surface area (Å²) in [4.78, 5) is 10.6. The van der Waals surface area contributed by atoms with E-state index in [4.69, 9.17) is 0 Å². The third kappa shape index (κ3) is 4.48. The molecule has 0 fully saturated rings. The maximum atomic E-state index is 10.6. The van der Waals surface area contributed by atoms with Crippen LogP contribution < -0.4 is 0 Å².